The third-order valence-electron chi connectivity index (χ3n) is 3.47. The third kappa shape index (κ3) is 3.13. The van der Waals surface area contributed by atoms with Crippen molar-refractivity contribution in [1.29, 1.82) is 0 Å². The Morgan fingerprint density at radius 2 is 2.10 bits per heavy atom. The highest BCUT2D eigenvalue weighted by Crippen LogP contribution is 2.28. The van der Waals surface area contributed by atoms with Gasteiger partial charge in [-0.15, -0.1) is 0 Å². The van der Waals surface area contributed by atoms with Crippen molar-refractivity contribution >= 4 is 22.4 Å². The number of hydrogen-bond donors (Lipinski definition) is 2. The highest BCUT2D eigenvalue weighted by molar-refractivity contribution is 7.16. The summed E-state index contributed by atoms with van der Waals surface area (Å²) >= 11 is 1.37. The Morgan fingerprint density at radius 3 is 2.76 bits per heavy atom. The number of aromatic nitrogens is 1. The van der Waals surface area contributed by atoms with E-state index in [0.29, 0.717) is 11.7 Å². The predicted molar refractivity (Wildman–Crippen MR) is 84.0 cm³/mol. The predicted octanol–water partition coefficient (Wildman–Crippen LogP) is 1.81. The van der Waals surface area contributed by atoms with Gasteiger partial charge < -0.3 is 11.1 Å². The summed E-state index contributed by atoms with van der Waals surface area (Å²) in [5.74, 6) is 5.70. The number of nitrogens with two attached hydrogens (primary N) is 1. The largest absolute Gasteiger partial charge is 0.320 e. The van der Waals surface area contributed by atoms with Gasteiger partial charge in [0.1, 0.15) is 0 Å². The van der Waals surface area contributed by atoms with Crippen LogP contribution >= 0.6 is 11.3 Å². The molecule has 0 atom stereocenters. The maximum absolute atomic E-state index is 12.3. The maximum atomic E-state index is 12.3. The first-order valence-electron chi connectivity index (χ1n) is 6.78. The maximum Gasteiger partial charge on any atom is 0.229 e. The van der Waals surface area contributed by atoms with Crippen LogP contribution in [0.4, 0.5) is 5.13 Å². The zero-order chi connectivity index (χ0) is 14.7. The molecule has 2 aromatic rings. The first-order valence-corrected chi connectivity index (χ1v) is 7.60. The summed E-state index contributed by atoms with van der Waals surface area (Å²) in [6.45, 7) is 0.319. The number of carbonyl (C=O) groups is 1. The van der Waals surface area contributed by atoms with E-state index in [1.165, 1.54) is 22.5 Å². The second-order valence-electron chi connectivity index (χ2n) is 4.90. The lowest BCUT2D eigenvalue weighted by Crippen LogP contribution is -2.22. The molecular weight excluding hydrogens is 282 g/mol. The van der Waals surface area contributed by atoms with E-state index < -0.39 is 0 Å². The van der Waals surface area contributed by atoms with Gasteiger partial charge in [-0.1, -0.05) is 47.4 Å². The molecule has 0 bridgehead atoms. The molecule has 0 spiro atoms. The first kappa shape index (κ1) is 13.8. The quantitative estimate of drug-likeness (QED) is 0.831. The van der Waals surface area contributed by atoms with Crippen LogP contribution in [0.25, 0.3) is 0 Å². The van der Waals surface area contributed by atoms with Gasteiger partial charge in [0.2, 0.25) is 5.91 Å². The number of amides is 1. The molecule has 0 unspecified atom stereocenters. The molecule has 1 aliphatic carbocycles. The molecule has 0 saturated heterocycles. The van der Waals surface area contributed by atoms with Gasteiger partial charge in [-0.05, 0) is 24.0 Å². The van der Waals surface area contributed by atoms with Crippen molar-refractivity contribution in [3.63, 3.8) is 0 Å². The van der Waals surface area contributed by atoms with Crippen molar-refractivity contribution in [2.45, 2.75) is 12.8 Å². The average molecular weight is 297 g/mol. The second-order valence-corrected chi connectivity index (χ2v) is 5.93. The van der Waals surface area contributed by atoms with Crippen LogP contribution in [0, 0.1) is 17.8 Å². The number of carbonyl (C=O) groups excluding carboxylic acids is 1. The molecule has 1 aliphatic rings. The van der Waals surface area contributed by atoms with Crippen LogP contribution in [0.15, 0.2) is 30.5 Å². The van der Waals surface area contributed by atoms with E-state index in [1.54, 1.807) is 6.20 Å². The molecule has 106 valence electrons. The van der Waals surface area contributed by atoms with Crippen molar-refractivity contribution < 1.29 is 4.79 Å². The number of nitrogens with one attached hydrogen (secondary N) is 1. The van der Waals surface area contributed by atoms with Crippen LogP contribution in [0.5, 0.6) is 0 Å². The molecule has 0 radical (unpaired) electrons. The highest BCUT2D eigenvalue weighted by Gasteiger charge is 2.27. The summed E-state index contributed by atoms with van der Waals surface area (Å²) in [4.78, 5) is 17.3. The van der Waals surface area contributed by atoms with Crippen LogP contribution in [0.2, 0.25) is 0 Å². The molecule has 21 heavy (non-hydrogen) atoms. The normalized spacial score (nSPS) is 13.4. The van der Waals surface area contributed by atoms with Crippen LogP contribution in [-0.2, 0) is 17.6 Å². The van der Waals surface area contributed by atoms with Gasteiger partial charge in [-0.3, -0.25) is 4.79 Å². The SMILES string of the molecule is NCC#Cc1cnc(NC(=O)C2Cc3ccccc3C2)s1. The lowest BCUT2D eigenvalue weighted by atomic mass is 10.1. The van der Waals surface area contributed by atoms with Gasteiger partial charge in [0.05, 0.1) is 17.6 Å². The number of rotatable bonds is 2. The fraction of sp³-hybridized carbons (Fsp3) is 0.250. The van der Waals surface area contributed by atoms with Crippen LogP contribution < -0.4 is 11.1 Å². The Labute approximate surface area is 127 Å². The Balaban J connectivity index is 1.64. The van der Waals surface area contributed by atoms with E-state index in [0.717, 1.165) is 17.7 Å². The Hall–Kier alpha value is -2.16. The van der Waals surface area contributed by atoms with Gasteiger partial charge in [0.25, 0.3) is 0 Å². The minimum atomic E-state index is -0.00937. The molecule has 1 aromatic heterocycles. The minimum Gasteiger partial charge on any atom is -0.320 e. The molecule has 5 heteroatoms. The van der Waals surface area contributed by atoms with Crippen LogP contribution in [0.1, 0.15) is 16.0 Å². The van der Waals surface area contributed by atoms with E-state index in [9.17, 15) is 4.79 Å². The van der Waals surface area contributed by atoms with Crippen LogP contribution in [0.3, 0.4) is 0 Å². The fourth-order valence-corrected chi connectivity index (χ4v) is 3.17. The summed E-state index contributed by atoms with van der Waals surface area (Å²) in [5.41, 5.74) is 7.87. The summed E-state index contributed by atoms with van der Waals surface area (Å²) in [6, 6.07) is 8.21. The smallest absolute Gasteiger partial charge is 0.229 e. The zero-order valence-electron chi connectivity index (χ0n) is 11.4. The average Bonchev–Trinajstić information content (AvgIpc) is 3.11. The van der Waals surface area contributed by atoms with Gasteiger partial charge in [0.15, 0.2) is 5.13 Å². The Bertz CT molecular complexity index is 701. The number of nitrogens with zero attached hydrogens (tertiary/aromatic N) is 1. The van der Waals surface area contributed by atoms with E-state index in [4.69, 9.17) is 5.73 Å². The van der Waals surface area contributed by atoms with Gasteiger partial charge >= 0.3 is 0 Å². The third-order valence-corrected chi connectivity index (χ3v) is 4.30. The first-order chi connectivity index (χ1) is 10.3. The molecule has 3 N–H and O–H groups in total. The zero-order valence-corrected chi connectivity index (χ0v) is 12.2. The van der Waals surface area contributed by atoms with Crippen molar-refractivity contribution in [2.75, 3.05) is 11.9 Å². The monoisotopic (exact) mass is 297 g/mol. The standard InChI is InChI=1S/C16H15N3OS/c17-7-3-6-14-10-18-16(21-14)19-15(20)13-8-11-4-1-2-5-12(11)9-13/h1-2,4-5,10,13H,7-9,17H2,(H,18,19,20). The molecule has 0 saturated carbocycles. The molecule has 0 fully saturated rings. The molecule has 1 aromatic carbocycles. The minimum absolute atomic E-state index is 0.00937. The Kier molecular flexibility index (Phi) is 4.00. The number of hydrogen-bond acceptors (Lipinski definition) is 4. The van der Waals surface area contributed by atoms with E-state index in [-0.39, 0.29) is 11.8 Å². The van der Waals surface area contributed by atoms with Crippen molar-refractivity contribution in [3.05, 3.63) is 46.5 Å². The summed E-state index contributed by atoms with van der Waals surface area (Å²) in [6.07, 6.45) is 3.26. The van der Waals surface area contributed by atoms with E-state index in [2.05, 4.69) is 34.3 Å². The number of fused-ring (bicyclic) bond motifs is 1. The van der Waals surface area contributed by atoms with Gasteiger partial charge in [-0.25, -0.2) is 4.98 Å². The Morgan fingerprint density at radius 1 is 1.38 bits per heavy atom. The number of thiazole rings is 1. The molecule has 3 rings (SSSR count). The van der Waals surface area contributed by atoms with Crippen LogP contribution in [-0.4, -0.2) is 17.4 Å². The van der Waals surface area contributed by atoms with Gasteiger partial charge in [0, 0.05) is 5.92 Å². The topological polar surface area (TPSA) is 68.0 Å². The fourth-order valence-electron chi connectivity index (χ4n) is 2.48. The molecule has 4 nitrogen and oxygen atoms in total. The van der Waals surface area contributed by atoms with Crippen molar-refractivity contribution in [1.82, 2.24) is 4.98 Å². The second kappa shape index (κ2) is 6.08. The molecule has 0 aliphatic heterocycles. The summed E-state index contributed by atoms with van der Waals surface area (Å²) in [7, 11) is 0. The number of benzene rings is 1. The summed E-state index contributed by atoms with van der Waals surface area (Å²) < 4.78 is 0. The van der Waals surface area contributed by atoms with Crippen molar-refractivity contribution in [3.8, 4) is 11.8 Å². The van der Waals surface area contributed by atoms with E-state index in [1.807, 2.05) is 12.1 Å². The lowest BCUT2D eigenvalue weighted by Gasteiger charge is -2.07. The molecular formula is C16H15N3OS. The van der Waals surface area contributed by atoms with Gasteiger partial charge in [-0.2, -0.15) is 0 Å². The van der Waals surface area contributed by atoms with E-state index >= 15 is 0 Å². The molecule has 1 amide bonds. The molecule has 1 heterocycles. The number of anilines is 1. The summed E-state index contributed by atoms with van der Waals surface area (Å²) in [5, 5.41) is 3.48. The van der Waals surface area contributed by atoms with Crippen molar-refractivity contribution in [2.24, 2.45) is 11.7 Å². The lowest BCUT2D eigenvalue weighted by molar-refractivity contribution is -0.119. The highest BCUT2D eigenvalue weighted by atomic mass is 32.1.